The molecule has 9 heteroatoms. The van der Waals surface area contributed by atoms with Gasteiger partial charge in [-0.1, -0.05) is 36.4 Å². The molecule has 0 radical (unpaired) electrons. The minimum atomic E-state index is -0.994. The van der Waals surface area contributed by atoms with Crippen LogP contribution in [-0.4, -0.2) is 47.6 Å². The van der Waals surface area contributed by atoms with Crippen LogP contribution in [0.3, 0.4) is 0 Å². The highest BCUT2D eigenvalue weighted by Gasteiger charge is 2.30. The Kier molecular flexibility index (Phi) is 7.01. The van der Waals surface area contributed by atoms with Gasteiger partial charge in [-0.2, -0.15) is 0 Å². The molecule has 0 bridgehead atoms. The number of aldehydes is 1. The van der Waals surface area contributed by atoms with Crippen molar-refractivity contribution in [1.29, 1.82) is 0 Å². The van der Waals surface area contributed by atoms with Crippen LogP contribution < -0.4 is 16.0 Å². The number of carbonyl (C=O) groups is 4. The van der Waals surface area contributed by atoms with E-state index in [1.54, 1.807) is 6.07 Å². The van der Waals surface area contributed by atoms with Crippen LogP contribution in [0.5, 0.6) is 0 Å². The predicted octanol–water partition coefficient (Wildman–Crippen LogP) is 1.86. The minimum Gasteiger partial charge on any atom is -0.356 e. The SMILES string of the molecule is O=C[C@H](C[C@@H]1CCNC1=O)NC(=O)[C@H](Cc1ccccc1)NC(=O)c1cc2c(F)cccc2[nH]1. The van der Waals surface area contributed by atoms with Gasteiger partial charge >= 0.3 is 0 Å². The molecule has 1 aliphatic rings. The largest absolute Gasteiger partial charge is 0.356 e. The molecule has 0 unspecified atom stereocenters. The molecule has 34 heavy (non-hydrogen) atoms. The number of aromatic nitrogens is 1. The number of hydrogen-bond donors (Lipinski definition) is 4. The molecule has 4 N–H and O–H groups in total. The fraction of sp³-hybridized carbons (Fsp3) is 0.280. The highest BCUT2D eigenvalue weighted by molar-refractivity contribution is 6.00. The van der Waals surface area contributed by atoms with Crippen LogP contribution in [0.4, 0.5) is 4.39 Å². The highest BCUT2D eigenvalue weighted by Crippen LogP contribution is 2.19. The Morgan fingerprint density at radius 3 is 2.59 bits per heavy atom. The normalized spacial score (nSPS) is 17.1. The van der Waals surface area contributed by atoms with Gasteiger partial charge < -0.3 is 25.7 Å². The van der Waals surface area contributed by atoms with Gasteiger partial charge in [0.1, 0.15) is 23.8 Å². The number of carbonyl (C=O) groups excluding carboxylic acids is 4. The van der Waals surface area contributed by atoms with E-state index in [2.05, 4.69) is 20.9 Å². The topological polar surface area (TPSA) is 120 Å². The Morgan fingerprint density at radius 1 is 1.12 bits per heavy atom. The Balaban J connectivity index is 1.51. The number of aromatic amines is 1. The van der Waals surface area contributed by atoms with Crippen LogP contribution in [0, 0.1) is 11.7 Å². The van der Waals surface area contributed by atoms with Crippen molar-refractivity contribution in [1.82, 2.24) is 20.9 Å². The van der Waals surface area contributed by atoms with Crippen molar-refractivity contribution in [3.8, 4) is 0 Å². The summed E-state index contributed by atoms with van der Waals surface area (Å²) in [6, 6.07) is 13.1. The minimum absolute atomic E-state index is 0.112. The van der Waals surface area contributed by atoms with Crippen LogP contribution in [0.25, 0.3) is 10.9 Å². The van der Waals surface area contributed by atoms with Crippen molar-refractivity contribution in [2.24, 2.45) is 5.92 Å². The zero-order valence-corrected chi connectivity index (χ0v) is 18.3. The molecule has 2 heterocycles. The van der Waals surface area contributed by atoms with Gasteiger partial charge in [0.25, 0.3) is 5.91 Å². The van der Waals surface area contributed by atoms with Gasteiger partial charge in [-0.15, -0.1) is 0 Å². The van der Waals surface area contributed by atoms with Crippen molar-refractivity contribution < 1.29 is 23.6 Å². The summed E-state index contributed by atoms with van der Waals surface area (Å²) >= 11 is 0. The van der Waals surface area contributed by atoms with Gasteiger partial charge in [0.2, 0.25) is 11.8 Å². The fourth-order valence-corrected chi connectivity index (χ4v) is 4.14. The molecule has 1 aromatic heterocycles. The molecule has 3 amide bonds. The number of fused-ring (bicyclic) bond motifs is 1. The number of nitrogens with one attached hydrogen (secondary N) is 4. The summed E-state index contributed by atoms with van der Waals surface area (Å²) in [6.07, 6.45) is 1.57. The van der Waals surface area contributed by atoms with Crippen LogP contribution in [0.1, 0.15) is 28.9 Å². The first-order valence-corrected chi connectivity index (χ1v) is 11.1. The van der Waals surface area contributed by atoms with E-state index < -0.39 is 29.7 Å². The first kappa shape index (κ1) is 23.2. The first-order chi connectivity index (χ1) is 16.4. The highest BCUT2D eigenvalue weighted by atomic mass is 19.1. The standard InChI is InChI=1S/C25H25FN4O4/c26-19-7-4-8-20-18(19)13-22(29-20)25(34)30-21(11-15-5-2-1-3-6-15)24(33)28-17(14-31)12-16-9-10-27-23(16)32/h1-8,13-14,16-17,21,29H,9-12H2,(H,27,32)(H,28,33)(H,30,34)/t16-,17-,21-/m0/s1. The Labute approximate surface area is 195 Å². The summed E-state index contributed by atoms with van der Waals surface area (Å²) in [5, 5.41) is 8.33. The monoisotopic (exact) mass is 464 g/mol. The summed E-state index contributed by atoms with van der Waals surface area (Å²) < 4.78 is 14.0. The number of rotatable bonds is 9. The van der Waals surface area contributed by atoms with E-state index in [0.29, 0.717) is 24.8 Å². The Morgan fingerprint density at radius 2 is 1.91 bits per heavy atom. The summed E-state index contributed by atoms with van der Waals surface area (Å²) in [6.45, 7) is 0.542. The maximum atomic E-state index is 14.0. The van der Waals surface area contributed by atoms with Gasteiger partial charge in [0.05, 0.1) is 6.04 Å². The zero-order valence-electron chi connectivity index (χ0n) is 18.3. The number of amides is 3. The van der Waals surface area contributed by atoms with Crippen molar-refractivity contribution in [3.63, 3.8) is 0 Å². The second-order valence-electron chi connectivity index (χ2n) is 8.36. The van der Waals surface area contributed by atoms with Crippen molar-refractivity contribution >= 4 is 34.9 Å². The number of H-pyrrole nitrogens is 1. The van der Waals surface area contributed by atoms with Crippen molar-refractivity contribution in [3.05, 3.63) is 71.7 Å². The first-order valence-electron chi connectivity index (χ1n) is 11.1. The molecule has 8 nitrogen and oxygen atoms in total. The summed E-state index contributed by atoms with van der Waals surface area (Å²) in [7, 11) is 0. The fourth-order valence-electron chi connectivity index (χ4n) is 4.14. The maximum absolute atomic E-state index is 14.0. The lowest BCUT2D eigenvalue weighted by Crippen LogP contribution is -2.51. The van der Waals surface area contributed by atoms with Crippen molar-refractivity contribution in [2.75, 3.05) is 6.54 Å². The molecular formula is C25H25FN4O4. The molecule has 0 spiro atoms. The Hall–Kier alpha value is -4.01. The molecule has 2 aromatic carbocycles. The van der Waals surface area contributed by atoms with Crippen LogP contribution >= 0.6 is 0 Å². The van der Waals surface area contributed by atoms with Gasteiger partial charge in [0.15, 0.2) is 0 Å². The summed E-state index contributed by atoms with van der Waals surface area (Å²) in [4.78, 5) is 52.4. The maximum Gasteiger partial charge on any atom is 0.268 e. The van der Waals surface area contributed by atoms with E-state index in [1.165, 1.54) is 18.2 Å². The molecule has 3 aromatic rings. The molecule has 4 rings (SSSR count). The lowest BCUT2D eigenvalue weighted by atomic mass is 9.98. The zero-order chi connectivity index (χ0) is 24.1. The average Bonchev–Trinajstić information content (AvgIpc) is 3.46. The lowest BCUT2D eigenvalue weighted by molar-refractivity contribution is -0.127. The number of halogens is 1. The van der Waals surface area contributed by atoms with Gasteiger partial charge in [-0.3, -0.25) is 14.4 Å². The van der Waals surface area contributed by atoms with E-state index >= 15 is 0 Å². The van der Waals surface area contributed by atoms with E-state index in [9.17, 15) is 23.6 Å². The van der Waals surface area contributed by atoms with E-state index in [4.69, 9.17) is 0 Å². The Bertz CT molecular complexity index is 1210. The van der Waals surface area contributed by atoms with Crippen LogP contribution in [0.2, 0.25) is 0 Å². The number of hydrogen-bond acceptors (Lipinski definition) is 4. The second-order valence-corrected chi connectivity index (χ2v) is 8.36. The number of benzene rings is 2. The lowest BCUT2D eigenvalue weighted by Gasteiger charge is -2.22. The van der Waals surface area contributed by atoms with E-state index in [1.807, 2.05) is 30.3 Å². The van der Waals surface area contributed by atoms with E-state index in [0.717, 1.165) is 5.56 Å². The van der Waals surface area contributed by atoms with Crippen LogP contribution in [0.15, 0.2) is 54.6 Å². The van der Waals surface area contributed by atoms with E-state index in [-0.39, 0.29) is 35.7 Å². The molecule has 176 valence electrons. The second kappa shape index (κ2) is 10.3. The van der Waals surface area contributed by atoms with Gasteiger partial charge in [-0.25, -0.2) is 4.39 Å². The quantitative estimate of drug-likeness (QED) is 0.361. The van der Waals surface area contributed by atoms with Crippen molar-refractivity contribution in [2.45, 2.75) is 31.3 Å². The van der Waals surface area contributed by atoms with Crippen LogP contribution in [-0.2, 0) is 20.8 Å². The average molecular weight is 464 g/mol. The molecule has 3 atom stereocenters. The predicted molar refractivity (Wildman–Crippen MR) is 123 cm³/mol. The van der Waals surface area contributed by atoms with Gasteiger partial charge in [-0.05, 0) is 36.6 Å². The third-order valence-corrected chi connectivity index (χ3v) is 5.95. The molecule has 1 fully saturated rings. The third-order valence-electron chi connectivity index (χ3n) is 5.95. The molecule has 1 aliphatic heterocycles. The third kappa shape index (κ3) is 5.31. The van der Waals surface area contributed by atoms with Gasteiger partial charge in [0, 0.05) is 29.8 Å². The summed E-state index contributed by atoms with van der Waals surface area (Å²) in [5.41, 5.74) is 1.38. The summed E-state index contributed by atoms with van der Waals surface area (Å²) in [5.74, 6) is -2.07. The molecule has 0 aliphatic carbocycles. The molecule has 0 saturated carbocycles. The smallest absolute Gasteiger partial charge is 0.268 e. The molecular weight excluding hydrogens is 439 g/mol. The molecule has 1 saturated heterocycles.